The normalized spacial score (nSPS) is 40.4. The lowest BCUT2D eigenvalue weighted by Gasteiger charge is -2.53. The number of fused-ring (bicyclic) bond motifs is 5. The van der Waals surface area contributed by atoms with Gasteiger partial charge in [0.1, 0.15) is 17.7 Å². The van der Waals surface area contributed by atoms with E-state index >= 15 is 0 Å². The highest BCUT2D eigenvalue weighted by atomic mass is 16.6. The number of ether oxygens (including phenoxy) is 2. The van der Waals surface area contributed by atoms with Crippen LogP contribution < -0.4 is 0 Å². The fraction of sp³-hybridized carbons (Fsp3) is 0.714. The molecule has 4 rings (SSSR count). The zero-order chi connectivity index (χ0) is 19.5. The molecule has 1 saturated heterocycles. The van der Waals surface area contributed by atoms with Crippen molar-refractivity contribution < 1.29 is 28.7 Å². The summed E-state index contributed by atoms with van der Waals surface area (Å²) in [4.78, 5) is 49.9. The molecule has 3 aliphatic carbocycles. The van der Waals surface area contributed by atoms with E-state index in [0.717, 1.165) is 11.1 Å². The van der Waals surface area contributed by atoms with Crippen molar-refractivity contribution in [3.8, 4) is 0 Å². The van der Waals surface area contributed by atoms with E-state index in [4.69, 9.17) is 9.47 Å². The first kappa shape index (κ1) is 18.4. The Labute approximate surface area is 158 Å². The van der Waals surface area contributed by atoms with Crippen LogP contribution in [-0.4, -0.2) is 36.2 Å². The Kier molecular flexibility index (Phi) is 4.28. The number of esters is 2. The van der Waals surface area contributed by atoms with Gasteiger partial charge in [0.05, 0.1) is 19.4 Å². The van der Waals surface area contributed by atoms with Crippen LogP contribution >= 0.6 is 0 Å². The number of carbonyl (C=O) groups is 4. The molecule has 146 valence electrons. The van der Waals surface area contributed by atoms with E-state index in [-0.39, 0.29) is 66.6 Å². The average molecular weight is 374 g/mol. The van der Waals surface area contributed by atoms with Gasteiger partial charge in [-0.25, -0.2) is 0 Å². The Morgan fingerprint density at radius 2 is 1.96 bits per heavy atom. The van der Waals surface area contributed by atoms with Gasteiger partial charge in [-0.15, -0.1) is 0 Å². The number of hydrogen-bond donors (Lipinski definition) is 0. The SMILES string of the molecule is CCOC(=O)CC1=C(C)CC(=O)[C@H]2CC(=O)[C@H]3C[C@@H]4OC(=O)C[C@@H]4[C@H]3[C@@]12C. The fourth-order valence-corrected chi connectivity index (χ4v) is 6.40. The third-order valence-electron chi connectivity index (χ3n) is 7.40. The van der Waals surface area contributed by atoms with E-state index in [2.05, 4.69) is 0 Å². The average Bonchev–Trinajstić information content (AvgIpc) is 3.11. The summed E-state index contributed by atoms with van der Waals surface area (Å²) < 4.78 is 10.7. The van der Waals surface area contributed by atoms with Crippen LogP contribution in [-0.2, 0) is 28.7 Å². The summed E-state index contributed by atoms with van der Waals surface area (Å²) >= 11 is 0. The molecule has 0 bridgehead atoms. The zero-order valence-corrected chi connectivity index (χ0v) is 16.1. The second kappa shape index (κ2) is 6.28. The molecule has 4 aliphatic rings. The van der Waals surface area contributed by atoms with Gasteiger partial charge < -0.3 is 9.47 Å². The summed E-state index contributed by atoms with van der Waals surface area (Å²) in [6.45, 7) is 6.01. The van der Waals surface area contributed by atoms with E-state index in [1.807, 2.05) is 13.8 Å². The van der Waals surface area contributed by atoms with Gasteiger partial charge in [0, 0.05) is 36.0 Å². The number of carbonyl (C=O) groups excluding carboxylic acids is 4. The lowest BCUT2D eigenvalue weighted by Crippen LogP contribution is -2.54. The van der Waals surface area contributed by atoms with Crippen molar-refractivity contribution in [3.63, 3.8) is 0 Å². The topological polar surface area (TPSA) is 86.7 Å². The van der Waals surface area contributed by atoms with Crippen LogP contribution in [0.4, 0.5) is 0 Å². The lowest BCUT2D eigenvalue weighted by molar-refractivity contribution is -0.148. The molecule has 1 heterocycles. The molecular formula is C21H26O6. The Balaban J connectivity index is 1.80. The molecule has 2 saturated carbocycles. The van der Waals surface area contributed by atoms with Crippen LogP contribution in [0, 0.1) is 29.1 Å². The smallest absolute Gasteiger partial charge is 0.309 e. The van der Waals surface area contributed by atoms with Gasteiger partial charge >= 0.3 is 11.9 Å². The molecule has 0 aromatic rings. The van der Waals surface area contributed by atoms with Gasteiger partial charge in [0.15, 0.2) is 0 Å². The monoisotopic (exact) mass is 374 g/mol. The summed E-state index contributed by atoms with van der Waals surface area (Å²) in [6, 6.07) is 0. The van der Waals surface area contributed by atoms with Crippen molar-refractivity contribution >= 4 is 23.5 Å². The van der Waals surface area contributed by atoms with Crippen LogP contribution in [0.1, 0.15) is 52.9 Å². The minimum absolute atomic E-state index is 0.0601. The predicted octanol–water partition coefficient (Wildman–Crippen LogP) is 2.39. The second-order valence-corrected chi connectivity index (χ2v) is 8.65. The first-order valence-electron chi connectivity index (χ1n) is 9.87. The maximum atomic E-state index is 12.9. The molecule has 0 aromatic carbocycles. The number of hydrogen-bond acceptors (Lipinski definition) is 6. The Hall–Kier alpha value is -1.98. The number of rotatable bonds is 3. The fourth-order valence-electron chi connectivity index (χ4n) is 6.40. The minimum Gasteiger partial charge on any atom is -0.466 e. The quantitative estimate of drug-likeness (QED) is 0.557. The molecule has 0 amide bonds. The van der Waals surface area contributed by atoms with E-state index in [1.54, 1.807) is 6.92 Å². The number of allylic oxidation sites excluding steroid dienone is 1. The van der Waals surface area contributed by atoms with Crippen LogP contribution in [0.25, 0.3) is 0 Å². The van der Waals surface area contributed by atoms with E-state index < -0.39 is 11.3 Å². The zero-order valence-electron chi connectivity index (χ0n) is 16.1. The molecule has 3 fully saturated rings. The summed E-state index contributed by atoms with van der Waals surface area (Å²) in [6.07, 6.45) is 1.24. The van der Waals surface area contributed by atoms with Crippen LogP contribution in [0.15, 0.2) is 11.1 Å². The molecule has 6 heteroatoms. The van der Waals surface area contributed by atoms with Gasteiger partial charge in [0.25, 0.3) is 0 Å². The molecule has 27 heavy (non-hydrogen) atoms. The largest absolute Gasteiger partial charge is 0.466 e. The molecule has 0 radical (unpaired) electrons. The third kappa shape index (κ3) is 2.59. The van der Waals surface area contributed by atoms with Gasteiger partial charge in [0.2, 0.25) is 0 Å². The molecule has 0 spiro atoms. The van der Waals surface area contributed by atoms with Crippen molar-refractivity contribution in [3.05, 3.63) is 11.1 Å². The molecular weight excluding hydrogens is 348 g/mol. The summed E-state index contributed by atoms with van der Waals surface area (Å²) in [5, 5.41) is 0. The summed E-state index contributed by atoms with van der Waals surface area (Å²) in [5.74, 6) is -1.17. The predicted molar refractivity (Wildman–Crippen MR) is 94.4 cm³/mol. The van der Waals surface area contributed by atoms with Crippen LogP contribution in [0.3, 0.4) is 0 Å². The Morgan fingerprint density at radius 1 is 1.22 bits per heavy atom. The highest BCUT2D eigenvalue weighted by Crippen LogP contribution is 2.64. The standard InChI is InChI=1S/C21H26O6/c1-4-26-18(24)9-13-10(2)5-16(23)14-8-15(22)11-6-17-12(7-19(25)27-17)20(11)21(13,14)3/h11-12,14,17,20H,4-9H2,1-3H3/t11-,12+,14-,17+,20+,21+/m1/s1. The molecule has 6 nitrogen and oxygen atoms in total. The highest BCUT2D eigenvalue weighted by Gasteiger charge is 2.65. The maximum absolute atomic E-state index is 12.9. The van der Waals surface area contributed by atoms with E-state index in [9.17, 15) is 19.2 Å². The third-order valence-corrected chi connectivity index (χ3v) is 7.40. The van der Waals surface area contributed by atoms with E-state index in [1.165, 1.54) is 0 Å². The molecule has 0 aromatic heterocycles. The van der Waals surface area contributed by atoms with Crippen molar-refractivity contribution in [2.75, 3.05) is 6.61 Å². The Morgan fingerprint density at radius 3 is 2.67 bits per heavy atom. The van der Waals surface area contributed by atoms with Crippen molar-refractivity contribution in [2.24, 2.45) is 29.1 Å². The molecule has 1 aliphatic heterocycles. The molecule has 0 N–H and O–H groups in total. The van der Waals surface area contributed by atoms with Crippen LogP contribution in [0.2, 0.25) is 0 Å². The summed E-state index contributed by atoms with van der Waals surface area (Å²) in [7, 11) is 0. The number of Topliss-reactive ketones (excluding diaryl/α,β-unsaturated/α-hetero) is 2. The van der Waals surface area contributed by atoms with Crippen molar-refractivity contribution in [1.82, 2.24) is 0 Å². The number of ketones is 2. The Bertz CT molecular complexity index is 765. The van der Waals surface area contributed by atoms with Crippen LogP contribution in [0.5, 0.6) is 0 Å². The first-order chi connectivity index (χ1) is 12.8. The van der Waals surface area contributed by atoms with Crippen molar-refractivity contribution in [2.45, 2.75) is 59.0 Å². The highest BCUT2D eigenvalue weighted by molar-refractivity contribution is 5.95. The van der Waals surface area contributed by atoms with Gasteiger partial charge in [-0.2, -0.15) is 0 Å². The molecule has 0 unspecified atom stereocenters. The second-order valence-electron chi connectivity index (χ2n) is 8.65. The van der Waals surface area contributed by atoms with E-state index in [0.29, 0.717) is 19.4 Å². The maximum Gasteiger partial charge on any atom is 0.309 e. The van der Waals surface area contributed by atoms with Crippen molar-refractivity contribution in [1.29, 1.82) is 0 Å². The van der Waals surface area contributed by atoms with Gasteiger partial charge in [-0.3, -0.25) is 19.2 Å². The van der Waals surface area contributed by atoms with Gasteiger partial charge in [-0.1, -0.05) is 18.1 Å². The lowest BCUT2D eigenvalue weighted by atomic mass is 9.49. The molecule has 6 atom stereocenters. The van der Waals surface area contributed by atoms with Gasteiger partial charge in [-0.05, 0) is 26.2 Å². The summed E-state index contributed by atoms with van der Waals surface area (Å²) in [5.41, 5.74) is 1.25. The minimum atomic E-state index is -0.599. The first-order valence-corrected chi connectivity index (χ1v) is 9.87.